The lowest BCUT2D eigenvalue weighted by Crippen LogP contribution is -2.45. The van der Waals surface area contributed by atoms with Crippen LogP contribution in [0.25, 0.3) is 42.3 Å². The molecule has 1 saturated heterocycles. The highest BCUT2D eigenvalue weighted by Crippen LogP contribution is 2.40. The highest BCUT2D eigenvalue weighted by atomic mass is 32.1. The van der Waals surface area contributed by atoms with Crippen LogP contribution in [0.4, 0.5) is 5.13 Å². The predicted molar refractivity (Wildman–Crippen MR) is 129 cm³/mol. The number of nitrogens with zero attached hydrogens (tertiary/aromatic N) is 4. The SMILES string of the molecule is C[C@H]1C[C@@H](N(C)c2nc3sc(-c4ccc(-c5cn[nH]c5)c5cc[nH]c45)nc3s2)CCN1. The smallest absolute Gasteiger partial charge is 0.188 e. The van der Waals surface area contributed by atoms with E-state index in [2.05, 4.69) is 57.6 Å². The zero-order chi connectivity index (χ0) is 20.9. The highest BCUT2D eigenvalue weighted by molar-refractivity contribution is 7.29. The third-order valence-electron chi connectivity index (χ3n) is 6.17. The number of thiazole rings is 2. The van der Waals surface area contributed by atoms with Crippen LogP contribution in [-0.4, -0.2) is 50.8 Å². The molecule has 1 fully saturated rings. The first-order valence-corrected chi connectivity index (χ1v) is 12.1. The Balaban J connectivity index is 1.34. The number of aromatic nitrogens is 5. The lowest BCUT2D eigenvalue weighted by atomic mass is 10.00. The molecule has 1 aliphatic rings. The molecule has 0 spiro atoms. The van der Waals surface area contributed by atoms with Crippen molar-refractivity contribution in [2.24, 2.45) is 0 Å². The topological polar surface area (TPSA) is 85.5 Å². The average Bonchev–Trinajstić information content (AvgIpc) is 3.56. The Kier molecular flexibility index (Phi) is 4.55. The summed E-state index contributed by atoms with van der Waals surface area (Å²) in [4.78, 5) is 17.7. The van der Waals surface area contributed by atoms with E-state index in [9.17, 15) is 0 Å². The van der Waals surface area contributed by atoms with E-state index >= 15 is 0 Å². The minimum absolute atomic E-state index is 0.532. The first-order valence-electron chi connectivity index (χ1n) is 10.5. The van der Waals surface area contributed by atoms with Gasteiger partial charge in [0.05, 0.1) is 11.7 Å². The maximum atomic E-state index is 4.97. The van der Waals surface area contributed by atoms with Crippen molar-refractivity contribution in [3.63, 3.8) is 0 Å². The van der Waals surface area contributed by atoms with Crippen molar-refractivity contribution in [3.05, 3.63) is 36.8 Å². The molecular weight excluding hydrogens is 426 g/mol. The number of hydrogen-bond donors (Lipinski definition) is 3. The molecule has 0 amide bonds. The van der Waals surface area contributed by atoms with Crippen LogP contribution in [0.1, 0.15) is 19.8 Å². The van der Waals surface area contributed by atoms with Crippen molar-refractivity contribution in [1.82, 2.24) is 30.5 Å². The molecule has 3 N–H and O–H groups in total. The van der Waals surface area contributed by atoms with Gasteiger partial charge in [0.25, 0.3) is 0 Å². The standard InChI is InChI=1S/C22H23N7S2/c1-12-9-14(5-7-23-12)29(2)22-28-21-20(31-22)27-19(30-21)17-4-3-15(13-10-25-26-11-13)16-6-8-24-18(16)17/h3-4,6,8,10-12,14,23-24H,5,7,9H2,1-2H3,(H,25,26)/t12-,14-/m0/s1. The van der Waals surface area contributed by atoms with Gasteiger partial charge in [-0.25, -0.2) is 9.97 Å². The number of fused-ring (bicyclic) bond motifs is 2. The van der Waals surface area contributed by atoms with Crippen molar-refractivity contribution in [2.75, 3.05) is 18.5 Å². The number of benzene rings is 1. The number of aromatic amines is 2. The number of rotatable bonds is 4. The van der Waals surface area contributed by atoms with Crippen LogP contribution in [-0.2, 0) is 0 Å². The molecule has 9 heteroatoms. The zero-order valence-corrected chi connectivity index (χ0v) is 19.0. The molecule has 0 bridgehead atoms. The first-order chi connectivity index (χ1) is 15.2. The van der Waals surface area contributed by atoms with Crippen LogP contribution in [0.15, 0.2) is 36.8 Å². The maximum Gasteiger partial charge on any atom is 0.188 e. The maximum absolute atomic E-state index is 4.97. The monoisotopic (exact) mass is 449 g/mol. The summed E-state index contributed by atoms with van der Waals surface area (Å²) in [6.07, 6.45) is 8.06. The van der Waals surface area contributed by atoms with E-state index in [1.165, 1.54) is 5.39 Å². The van der Waals surface area contributed by atoms with Crippen LogP contribution in [0.5, 0.6) is 0 Å². The van der Waals surface area contributed by atoms with E-state index in [1.807, 2.05) is 18.6 Å². The van der Waals surface area contributed by atoms with Crippen LogP contribution in [0.2, 0.25) is 0 Å². The first kappa shape index (κ1) is 19.0. The fourth-order valence-corrected chi connectivity index (χ4v) is 6.60. The molecule has 1 aliphatic heterocycles. The van der Waals surface area contributed by atoms with Gasteiger partial charge >= 0.3 is 0 Å². The molecule has 5 heterocycles. The number of H-pyrrole nitrogens is 2. The predicted octanol–water partition coefficient (Wildman–Crippen LogP) is 4.87. The summed E-state index contributed by atoms with van der Waals surface area (Å²) in [5, 5.41) is 13.8. The van der Waals surface area contributed by atoms with Gasteiger partial charge in [-0.3, -0.25) is 5.10 Å². The van der Waals surface area contributed by atoms with E-state index in [0.717, 1.165) is 61.4 Å². The molecule has 31 heavy (non-hydrogen) atoms. The van der Waals surface area contributed by atoms with E-state index in [0.29, 0.717) is 12.1 Å². The van der Waals surface area contributed by atoms with Crippen molar-refractivity contribution < 1.29 is 0 Å². The Bertz CT molecular complexity index is 1320. The highest BCUT2D eigenvalue weighted by Gasteiger charge is 2.25. The molecule has 0 unspecified atom stereocenters. The van der Waals surface area contributed by atoms with Gasteiger partial charge in [-0.2, -0.15) is 5.10 Å². The molecular formula is C22H23N7S2. The van der Waals surface area contributed by atoms with Crippen LogP contribution in [0.3, 0.4) is 0 Å². The molecule has 0 aliphatic carbocycles. The molecule has 6 rings (SSSR count). The summed E-state index contributed by atoms with van der Waals surface area (Å²) in [6.45, 7) is 3.33. The Morgan fingerprint density at radius 3 is 2.77 bits per heavy atom. The van der Waals surface area contributed by atoms with Crippen molar-refractivity contribution in [3.8, 4) is 21.7 Å². The molecule has 158 valence electrons. The van der Waals surface area contributed by atoms with Gasteiger partial charge in [0.15, 0.2) is 14.8 Å². The Hall–Kier alpha value is -2.75. The van der Waals surface area contributed by atoms with Crippen LogP contribution < -0.4 is 10.2 Å². The van der Waals surface area contributed by atoms with E-state index in [1.54, 1.807) is 22.7 Å². The minimum atomic E-state index is 0.532. The quantitative estimate of drug-likeness (QED) is 0.365. The second-order valence-corrected chi connectivity index (χ2v) is 10.1. The number of piperidine rings is 1. The van der Waals surface area contributed by atoms with Gasteiger partial charge < -0.3 is 15.2 Å². The normalized spacial score (nSPS) is 19.4. The van der Waals surface area contributed by atoms with Gasteiger partial charge in [-0.15, -0.1) is 0 Å². The van der Waals surface area contributed by atoms with Gasteiger partial charge in [-0.1, -0.05) is 28.7 Å². The largest absolute Gasteiger partial charge is 0.361 e. The Labute approximate surface area is 187 Å². The molecule has 2 atom stereocenters. The average molecular weight is 450 g/mol. The van der Waals surface area contributed by atoms with E-state index < -0.39 is 0 Å². The van der Waals surface area contributed by atoms with Gasteiger partial charge in [0.2, 0.25) is 0 Å². The number of anilines is 1. The van der Waals surface area contributed by atoms with Crippen molar-refractivity contribution >= 4 is 48.4 Å². The van der Waals surface area contributed by atoms with Crippen molar-refractivity contribution in [1.29, 1.82) is 0 Å². The van der Waals surface area contributed by atoms with E-state index in [4.69, 9.17) is 9.97 Å². The molecule has 1 aromatic carbocycles. The fraction of sp³-hybridized carbons (Fsp3) is 0.318. The van der Waals surface area contributed by atoms with E-state index in [-0.39, 0.29) is 0 Å². The third kappa shape index (κ3) is 3.24. The zero-order valence-electron chi connectivity index (χ0n) is 17.3. The third-order valence-corrected chi connectivity index (χ3v) is 8.32. The lowest BCUT2D eigenvalue weighted by Gasteiger charge is -2.34. The van der Waals surface area contributed by atoms with Crippen LogP contribution >= 0.6 is 22.7 Å². The van der Waals surface area contributed by atoms with Crippen molar-refractivity contribution in [2.45, 2.75) is 31.8 Å². The fourth-order valence-electron chi connectivity index (χ4n) is 4.50. The second-order valence-electron chi connectivity index (χ2n) is 8.18. The summed E-state index contributed by atoms with van der Waals surface area (Å²) in [7, 11) is 2.17. The van der Waals surface area contributed by atoms with Gasteiger partial charge in [-0.05, 0) is 44.0 Å². The van der Waals surface area contributed by atoms with Gasteiger partial charge in [0.1, 0.15) is 5.01 Å². The summed E-state index contributed by atoms with van der Waals surface area (Å²) < 4.78 is 0. The summed E-state index contributed by atoms with van der Waals surface area (Å²) in [5.41, 5.74) is 4.45. The number of hydrogen-bond acceptors (Lipinski definition) is 7. The van der Waals surface area contributed by atoms with Gasteiger partial charge in [0, 0.05) is 48.0 Å². The van der Waals surface area contributed by atoms with Crippen LogP contribution in [0, 0.1) is 0 Å². The Morgan fingerprint density at radius 2 is 1.97 bits per heavy atom. The lowest BCUT2D eigenvalue weighted by molar-refractivity contribution is 0.371. The summed E-state index contributed by atoms with van der Waals surface area (Å²) >= 11 is 3.36. The molecule has 7 nitrogen and oxygen atoms in total. The Morgan fingerprint density at radius 1 is 1.10 bits per heavy atom. The molecule has 5 aromatic rings. The summed E-state index contributed by atoms with van der Waals surface area (Å²) in [6, 6.07) is 7.50. The minimum Gasteiger partial charge on any atom is -0.361 e. The summed E-state index contributed by atoms with van der Waals surface area (Å²) in [5.74, 6) is 0. The molecule has 0 radical (unpaired) electrons. The second kappa shape index (κ2) is 7.44. The molecule has 4 aromatic heterocycles. The molecule has 0 saturated carbocycles. The number of nitrogens with one attached hydrogen (secondary N) is 3.